The fourth-order valence-corrected chi connectivity index (χ4v) is 2.95. The van der Waals surface area contributed by atoms with Crippen molar-refractivity contribution in [3.05, 3.63) is 10.4 Å². The van der Waals surface area contributed by atoms with Crippen LogP contribution in [-0.2, 0) is 52.3 Å². The van der Waals surface area contributed by atoms with Gasteiger partial charge in [0.05, 0.1) is 112 Å². The lowest BCUT2D eigenvalue weighted by Crippen LogP contribution is -2.59. The maximum absolute atomic E-state index is 12.7. The van der Waals surface area contributed by atoms with Gasteiger partial charge >= 0.3 is 17.9 Å². The van der Waals surface area contributed by atoms with E-state index < -0.39 is 29.4 Å². The molecular weight excluding hydrogens is 568 g/mol. The van der Waals surface area contributed by atoms with Crippen molar-refractivity contribution >= 4 is 23.8 Å². The Morgan fingerprint density at radius 1 is 0.571 bits per heavy atom. The maximum Gasteiger partial charge on any atom is 0.305 e. The van der Waals surface area contributed by atoms with Crippen LogP contribution in [0, 0.1) is 0 Å². The number of carbonyl (C=O) groups excluding carboxylic acids is 1. The first kappa shape index (κ1) is 38.9. The first-order valence-electron chi connectivity index (χ1n) is 13.2. The first-order chi connectivity index (χ1) is 20.2. The Kier molecular flexibility index (Phi) is 24.8. The number of rotatable bonds is 31. The third-order valence-electron chi connectivity index (χ3n) is 4.91. The summed E-state index contributed by atoms with van der Waals surface area (Å²) in [5.74, 6) is -3.73. The van der Waals surface area contributed by atoms with Gasteiger partial charge in [-0.2, -0.15) is 0 Å². The molecule has 0 spiro atoms. The van der Waals surface area contributed by atoms with Crippen LogP contribution in [0.1, 0.15) is 25.7 Å². The number of hydrogen-bond acceptors (Lipinski definition) is 12. The fraction of sp³-hybridized carbons (Fsp3) is 0.833. The molecule has 42 heavy (non-hydrogen) atoms. The van der Waals surface area contributed by atoms with Crippen LogP contribution in [0.2, 0.25) is 0 Å². The van der Waals surface area contributed by atoms with Gasteiger partial charge in [-0.1, -0.05) is 5.11 Å². The average molecular weight is 611 g/mol. The summed E-state index contributed by atoms with van der Waals surface area (Å²) in [6.07, 6.45) is -0.939. The van der Waals surface area contributed by atoms with Crippen LogP contribution in [0.25, 0.3) is 10.4 Å². The Morgan fingerprint density at radius 3 is 1.31 bits per heavy atom. The van der Waals surface area contributed by atoms with Gasteiger partial charge in [-0.25, -0.2) is 0 Å². The molecule has 0 aliphatic carbocycles. The minimum atomic E-state index is -1.34. The van der Waals surface area contributed by atoms with Crippen molar-refractivity contribution < 1.29 is 67.7 Å². The molecule has 0 aromatic carbocycles. The lowest BCUT2D eigenvalue weighted by molar-refractivity contribution is -0.140. The summed E-state index contributed by atoms with van der Waals surface area (Å²) in [4.78, 5) is 47.8. The fourth-order valence-electron chi connectivity index (χ4n) is 2.95. The predicted molar refractivity (Wildman–Crippen MR) is 142 cm³/mol. The third-order valence-corrected chi connectivity index (χ3v) is 4.91. The molecule has 0 radical (unpaired) electrons. The first-order valence-corrected chi connectivity index (χ1v) is 13.2. The number of nitrogens with zero attached hydrogens (tertiary/aromatic N) is 3. The monoisotopic (exact) mass is 610 g/mol. The van der Waals surface area contributed by atoms with Crippen LogP contribution in [0.3, 0.4) is 0 Å². The molecule has 0 atom stereocenters. The standard InChI is InChI=1S/C24H42N4O14/c25-28-26-5-10-37-12-14-39-16-15-38-13-11-36-6-1-20(29)27-24(17-40-7-2-21(30)31,18-41-8-3-22(32)33)19-42-9-4-23(34)35/h1-19H2,(H,27,29)(H,30,31)(H,32,33)(H,34,35). The Morgan fingerprint density at radius 2 is 0.929 bits per heavy atom. The number of ether oxygens (including phenoxy) is 7. The summed E-state index contributed by atoms with van der Waals surface area (Å²) in [6, 6.07) is 0. The predicted octanol–water partition coefficient (Wildman–Crippen LogP) is 0.0821. The quantitative estimate of drug-likeness (QED) is 0.0351. The lowest BCUT2D eigenvalue weighted by atomic mass is 10.0. The zero-order valence-corrected chi connectivity index (χ0v) is 23.6. The van der Waals surface area contributed by atoms with E-state index in [1.807, 2.05) is 0 Å². The van der Waals surface area contributed by atoms with Gasteiger partial charge in [0.1, 0.15) is 5.54 Å². The molecule has 0 unspecified atom stereocenters. The van der Waals surface area contributed by atoms with Crippen molar-refractivity contribution in [1.82, 2.24) is 5.32 Å². The molecule has 0 heterocycles. The third kappa shape index (κ3) is 25.8. The molecule has 0 aliphatic heterocycles. The second-order valence-electron chi connectivity index (χ2n) is 8.57. The maximum atomic E-state index is 12.7. The minimum absolute atomic E-state index is 0.0502. The molecular formula is C24H42N4O14. The Bertz CT molecular complexity index is 755. The summed E-state index contributed by atoms with van der Waals surface area (Å²) in [6.45, 7) is 1.33. The Labute approximate surface area is 243 Å². The van der Waals surface area contributed by atoms with E-state index in [1.165, 1.54) is 0 Å². The van der Waals surface area contributed by atoms with E-state index in [9.17, 15) is 19.2 Å². The Balaban J connectivity index is 4.54. The van der Waals surface area contributed by atoms with Gasteiger partial charge in [-0.15, -0.1) is 0 Å². The molecule has 18 nitrogen and oxygen atoms in total. The van der Waals surface area contributed by atoms with Gasteiger partial charge in [0.15, 0.2) is 0 Å². The van der Waals surface area contributed by atoms with E-state index >= 15 is 0 Å². The summed E-state index contributed by atoms with van der Waals surface area (Å²) in [5.41, 5.74) is 6.80. The largest absolute Gasteiger partial charge is 0.481 e. The Hall–Kier alpha value is -3.09. The molecule has 0 aromatic rings. The highest BCUT2D eigenvalue weighted by atomic mass is 16.6. The SMILES string of the molecule is [N-]=[N+]=NCCOCCOCCOCCOCCC(=O)NC(COCCC(=O)O)(COCCC(=O)O)COCCC(=O)O. The molecule has 242 valence electrons. The number of carboxylic acids is 3. The topological polar surface area (TPSA) is 254 Å². The van der Waals surface area contributed by atoms with Gasteiger partial charge in [0.2, 0.25) is 5.91 Å². The summed E-state index contributed by atoms with van der Waals surface area (Å²) in [7, 11) is 0. The van der Waals surface area contributed by atoms with E-state index in [1.54, 1.807) is 0 Å². The van der Waals surface area contributed by atoms with Crippen LogP contribution in [0.15, 0.2) is 5.11 Å². The second kappa shape index (κ2) is 26.8. The molecule has 0 bridgehead atoms. The normalized spacial score (nSPS) is 11.1. The van der Waals surface area contributed by atoms with Crippen molar-refractivity contribution in [3.63, 3.8) is 0 Å². The van der Waals surface area contributed by atoms with Gasteiger partial charge in [-0.3, -0.25) is 19.2 Å². The number of azide groups is 1. The van der Waals surface area contributed by atoms with Crippen molar-refractivity contribution in [3.8, 4) is 0 Å². The van der Waals surface area contributed by atoms with E-state index in [2.05, 4.69) is 15.3 Å². The number of carboxylic acid groups (broad SMARTS) is 3. The molecule has 0 saturated heterocycles. The van der Waals surface area contributed by atoms with Crippen molar-refractivity contribution in [1.29, 1.82) is 0 Å². The highest BCUT2D eigenvalue weighted by Gasteiger charge is 2.34. The molecule has 18 heteroatoms. The smallest absolute Gasteiger partial charge is 0.305 e. The average Bonchev–Trinajstić information content (AvgIpc) is 2.93. The van der Waals surface area contributed by atoms with Gasteiger partial charge in [0, 0.05) is 17.9 Å². The summed E-state index contributed by atoms with van der Waals surface area (Å²) in [5, 5.41) is 32.6. The molecule has 1 amide bonds. The number of aliphatic carboxylic acids is 3. The number of nitrogens with one attached hydrogen (secondary N) is 1. The van der Waals surface area contributed by atoms with E-state index in [0.29, 0.717) is 33.0 Å². The molecule has 0 aliphatic rings. The zero-order chi connectivity index (χ0) is 31.3. The molecule has 0 rings (SSSR count). The van der Waals surface area contributed by atoms with Gasteiger partial charge in [-0.05, 0) is 5.53 Å². The van der Waals surface area contributed by atoms with Crippen LogP contribution >= 0.6 is 0 Å². The second-order valence-corrected chi connectivity index (χ2v) is 8.57. The molecule has 0 aromatic heterocycles. The van der Waals surface area contributed by atoms with Crippen LogP contribution in [0.5, 0.6) is 0 Å². The van der Waals surface area contributed by atoms with E-state index in [-0.39, 0.29) is 91.7 Å². The van der Waals surface area contributed by atoms with Crippen molar-refractivity contribution in [2.75, 3.05) is 99.0 Å². The lowest BCUT2D eigenvalue weighted by Gasteiger charge is -2.34. The minimum Gasteiger partial charge on any atom is -0.481 e. The molecule has 0 saturated carbocycles. The van der Waals surface area contributed by atoms with E-state index in [0.717, 1.165) is 0 Å². The van der Waals surface area contributed by atoms with E-state index in [4.69, 9.17) is 54.0 Å². The molecule has 4 N–H and O–H groups in total. The number of carbonyl (C=O) groups is 4. The number of amides is 1. The van der Waals surface area contributed by atoms with Crippen LogP contribution in [0.4, 0.5) is 0 Å². The highest BCUT2D eigenvalue weighted by Crippen LogP contribution is 2.11. The van der Waals surface area contributed by atoms with Crippen LogP contribution in [-0.4, -0.2) is 144 Å². The van der Waals surface area contributed by atoms with Gasteiger partial charge < -0.3 is 53.8 Å². The summed E-state index contributed by atoms with van der Waals surface area (Å²) >= 11 is 0. The molecule has 0 fully saturated rings. The van der Waals surface area contributed by atoms with Gasteiger partial charge in [0.25, 0.3) is 0 Å². The van der Waals surface area contributed by atoms with Crippen LogP contribution < -0.4 is 5.32 Å². The van der Waals surface area contributed by atoms with Crippen molar-refractivity contribution in [2.24, 2.45) is 5.11 Å². The summed E-state index contributed by atoms with van der Waals surface area (Å²) < 4.78 is 37.6. The highest BCUT2D eigenvalue weighted by molar-refractivity contribution is 5.77. The zero-order valence-electron chi connectivity index (χ0n) is 23.6. The number of hydrogen-bond donors (Lipinski definition) is 4. The van der Waals surface area contributed by atoms with Crippen molar-refractivity contribution in [2.45, 2.75) is 31.2 Å².